The lowest BCUT2D eigenvalue weighted by Gasteiger charge is -2.04. The first kappa shape index (κ1) is 15.1. The van der Waals surface area contributed by atoms with Crippen molar-refractivity contribution in [2.45, 2.75) is 25.9 Å². The molecule has 0 aliphatic heterocycles. The van der Waals surface area contributed by atoms with Crippen LogP contribution in [0.1, 0.15) is 22.6 Å². The predicted molar refractivity (Wildman–Crippen MR) is 68.2 cm³/mol. The third-order valence-corrected chi connectivity index (χ3v) is 3.14. The van der Waals surface area contributed by atoms with Crippen molar-refractivity contribution in [1.29, 1.82) is 0 Å². The van der Waals surface area contributed by atoms with E-state index in [-0.39, 0.29) is 16.7 Å². The summed E-state index contributed by atoms with van der Waals surface area (Å²) in [6.45, 7) is 3.39. The van der Waals surface area contributed by atoms with Crippen LogP contribution in [0.3, 0.4) is 0 Å². The maximum Gasteiger partial charge on any atom is 0.435 e. The Kier molecular flexibility index (Phi) is 3.93. The number of hydrogen-bond acceptors (Lipinski definition) is 3. The molecule has 0 radical (unpaired) electrons. The Hall–Kier alpha value is -1.34. The Balaban J connectivity index is 2.66. The Morgan fingerprint density at radius 1 is 1.20 bits per heavy atom. The van der Waals surface area contributed by atoms with Crippen molar-refractivity contribution in [3.63, 3.8) is 0 Å². The minimum absolute atomic E-state index is 0.0191. The van der Waals surface area contributed by atoms with Crippen LogP contribution < -0.4 is 0 Å². The van der Waals surface area contributed by atoms with Gasteiger partial charge in [-0.1, -0.05) is 11.6 Å². The monoisotopic (exact) mass is 324 g/mol. The van der Waals surface area contributed by atoms with Crippen molar-refractivity contribution in [2.24, 2.45) is 0 Å². The second-order valence-corrected chi connectivity index (χ2v) is 4.74. The van der Waals surface area contributed by atoms with Gasteiger partial charge in [-0.15, -0.1) is 11.6 Å². The fourth-order valence-electron chi connectivity index (χ4n) is 1.71. The van der Waals surface area contributed by atoms with E-state index in [0.29, 0.717) is 11.4 Å². The maximum absolute atomic E-state index is 12.9. The second-order valence-electron chi connectivity index (χ2n) is 4.11. The molecular weight excluding hydrogens is 316 g/mol. The third kappa shape index (κ3) is 2.73. The molecule has 0 unspecified atom stereocenters. The van der Waals surface area contributed by atoms with E-state index in [1.54, 1.807) is 19.9 Å². The normalized spacial score (nSPS) is 11.9. The number of hydrogen-bond donors (Lipinski definition) is 0. The number of nitrogens with zero attached hydrogens (tertiary/aromatic N) is 4. The summed E-state index contributed by atoms with van der Waals surface area (Å²) in [5, 5.41) is 3.22. The van der Waals surface area contributed by atoms with Crippen LogP contribution >= 0.6 is 23.2 Å². The van der Waals surface area contributed by atoms with Crippen molar-refractivity contribution >= 4 is 23.2 Å². The summed E-state index contributed by atoms with van der Waals surface area (Å²) < 4.78 is 39.5. The number of halogens is 5. The van der Waals surface area contributed by atoms with Crippen LogP contribution in [0.25, 0.3) is 5.95 Å². The van der Waals surface area contributed by atoms with Crippen molar-refractivity contribution in [1.82, 2.24) is 19.7 Å². The second kappa shape index (κ2) is 5.21. The Labute approximate surface area is 122 Å². The Morgan fingerprint density at radius 2 is 1.75 bits per heavy atom. The molecule has 0 saturated heterocycles. The minimum atomic E-state index is -4.64. The van der Waals surface area contributed by atoms with Crippen molar-refractivity contribution in [2.75, 3.05) is 0 Å². The summed E-state index contributed by atoms with van der Waals surface area (Å²) in [5.41, 5.74) is -0.219. The van der Waals surface area contributed by atoms with Gasteiger partial charge in [0.15, 0.2) is 5.69 Å². The van der Waals surface area contributed by atoms with Crippen LogP contribution in [-0.4, -0.2) is 19.7 Å². The number of rotatable bonds is 2. The smallest absolute Gasteiger partial charge is 0.216 e. The largest absolute Gasteiger partial charge is 0.435 e. The molecule has 20 heavy (non-hydrogen) atoms. The van der Waals surface area contributed by atoms with Gasteiger partial charge in [0.25, 0.3) is 5.95 Å². The molecule has 2 rings (SSSR count). The topological polar surface area (TPSA) is 43.6 Å². The first-order valence-electron chi connectivity index (χ1n) is 5.47. The van der Waals surface area contributed by atoms with Crippen LogP contribution in [0, 0.1) is 13.8 Å². The summed E-state index contributed by atoms with van der Waals surface area (Å²) in [5.74, 6) is -0.423. The van der Waals surface area contributed by atoms with Gasteiger partial charge in [-0.3, -0.25) is 0 Å². The standard InChI is InChI=1S/C11H9Cl2F3N4/c1-5-3-6(2)18-10(17-5)20-9(13)7(4-12)8(19-20)11(14,15)16/h3H,4H2,1-2H3. The van der Waals surface area contributed by atoms with Crippen LogP contribution in [-0.2, 0) is 12.1 Å². The van der Waals surface area contributed by atoms with E-state index in [9.17, 15) is 13.2 Å². The van der Waals surface area contributed by atoms with Gasteiger partial charge in [0.1, 0.15) is 5.15 Å². The molecule has 2 aromatic heterocycles. The molecule has 2 aromatic rings. The summed E-state index contributed by atoms with van der Waals surface area (Å²) in [6.07, 6.45) is -4.64. The molecule has 2 heterocycles. The highest BCUT2D eigenvalue weighted by Crippen LogP contribution is 2.35. The van der Waals surface area contributed by atoms with Crippen LogP contribution in [0.4, 0.5) is 13.2 Å². The molecule has 0 aromatic carbocycles. The quantitative estimate of drug-likeness (QED) is 0.791. The van der Waals surface area contributed by atoms with E-state index in [2.05, 4.69) is 15.1 Å². The van der Waals surface area contributed by atoms with Gasteiger partial charge in [0.2, 0.25) is 0 Å². The molecule has 0 aliphatic carbocycles. The van der Waals surface area contributed by atoms with Gasteiger partial charge in [-0.05, 0) is 19.9 Å². The molecule has 0 fully saturated rings. The molecule has 0 atom stereocenters. The number of aromatic nitrogens is 4. The third-order valence-electron chi connectivity index (χ3n) is 2.48. The molecular formula is C11H9Cl2F3N4. The molecule has 0 bridgehead atoms. The maximum atomic E-state index is 12.9. The molecule has 0 aliphatic rings. The fraction of sp³-hybridized carbons (Fsp3) is 0.364. The average molecular weight is 325 g/mol. The Morgan fingerprint density at radius 3 is 2.15 bits per heavy atom. The SMILES string of the molecule is Cc1cc(C)nc(-n2nc(C(F)(F)F)c(CCl)c2Cl)n1. The van der Waals surface area contributed by atoms with Crippen LogP contribution in [0.15, 0.2) is 6.07 Å². The molecule has 0 amide bonds. The zero-order valence-corrected chi connectivity index (χ0v) is 12.0. The predicted octanol–water partition coefficient (Wildman–Crippen LogP) is 3.69. The Bertz CT molecular complexity index is 632. The molecule has 108 valence electrons. The summed E-state index contributed by atoms with van der Waals surface area (Å²) in [7, 11) is 0. The number of alkyl halides is 4. The molecule has 0 saturated carbocycles. The van der Waals surface area contributed by atoms with E-state index >= 15 is 0 Å². The van der Waals surface area contributed by atoms with E-state index in [0.717, 1.165) is 4.68 Å². The van der Waals surface area contributed by atoms with Gasteiger partial charge in [-0.2, -0.15) is 23.0 Å². The van der Waals surface area contributed by atoms with Gasteiger partial charge >= 0.3 is 6.18 Å². The average Bonchev–Trinajstić information content (AvgIpc) is 2.64. The first-order valence-corrected chi connectivity index (χ1v) is 6.38. The lowest BCUT2D eigenvalue weighted by atomic mass is 10.3. The van der Waals surface area contributed by atoms with E-state index in [1.807, 2.05) is 0 Å². The van der Waals surface area contributed by atoms with Crippen LogP contribution in [0.2, 0.25) is 5.15 Å². The molecule has 0 spiro atoms. The highest BCUT2D eigenvalue weighted by Gasteiger charge is 2.39. The van der Waals surface area contributed by atoms with Gasteiger partial charge < -0.3 is 0 Å². The van der Waals surface area contributed by atoms with Crippen molar-refractivity contribution < 1.29 is 13.2 Å². The first-order chi connectivity index (χ1) is 9.24. The zero-order chi connectivity index (χ0) is 15.1. The summed E-state index contributed by atoms with van der Waals surface area (Å²) in [4.78, 5) is 8.06. The van der Waals surface area contributed by atoms with Crippen molar-refractivity contribution in [3.8, 4) is 5.95 Å². The van der Waals surface area contributed by atoms with E-state index < -0.39 is 17.8 Å². The minimum Gasteiger partial charge on any atom is -0.216 e. The zero-order valence-electron chi connectivity index (χ0n) is 10.5. The number of aryl methyl sites for hydroxylation is 2. The fourth-order valence-corrected chi connectivity index (χ4v) is 2.30. The highest BCUT2D eigenvalue weighted by molar-refractivity contribution is 6.31. The summed E-state index contributed by atoms with van der Waals surface area (Å²) >= 11 is 11.4. The van der Waals surface area contributed by atoms with E-state index in [4.69, 9.17) is 23.2 Å². The van der Waals surface area contributed by atoms with Crippen LogP contribution in [0.5, 0.6) is 0 Å². The van der Waals surface area contributed by atoms with Gasteiger partial charge in [-0.25, -0.2) is 9.97 Å². The lowest BCUT2D eigenvalue weighted by Crippen LogP contribution is -2.10. The molecule has 0 N–H and O–H groups in total. The molecule has 9 heteroatoms. The molecule has 4 nitrogen and oxygen atoms in total. The highest BCUT2D eigenvalue weighted by atomic mass is 35.5. The van der Waals surface area contributed by atoms with Gasteiger partial charge in [0.05, 0.1) is 5.88 Å². The van der Waals surface area contributed by atoms with Crippen molar-refractivity contribution in [3.05, 3.63) is 33.9 Å². The van der Waals surface area contributed by atoms with Gasteiger partial charge in [0, 0.05) is 17.0 Å². The lowest BCUT2D eigenvalue weighted by molar-refractivity contribution is -0.141. The summed E-state index contributed by atoms with van der Waals surface area (Å²) in [6, 6.07) is 1.69. The van der Waals surface area contributed by atoms with E-state index in [1.165, 1.54) is 0 Å².